The van der Waals surface area contributed by atoms with Crippen LogP contribution in [0.15, 0.2) is 6.07 Å². The molecule has 108 valence electrons. The summed E-state index contributed by atoms with van der Waals surface area (Å²) in [6.07, 6.45) is -0.927. The average Bonchev–Trinajstić information content (AvgIpc) is 2.81. The number of halogens is 3. The topological polar surface area (TPSA) is 27.1 Å². The van der Waals surface area contributed by atoms with E-state index in [2.05, 4.69) is 5.10 Å². The summed E-state index contributed by atoms with van der Waals surface area (Å²) in [6.45, 7) is 3.93. The molecule has 1 saturated heterocycles. The van der Waals surface area contributed by atoms with Gasteiger partial charge >= 0.3 is 6.18 Å². The van der Waals surface area contributed by atoms with Crippen molar-refractivity contribution in [3.05, 3.63) is 17.5 Å². The number of nitrogens with zero attached hydrogens (tertiary/aromatic N) is 2. The lowest BCUT2D eigenvalue weighted by Gasteiger charge is -2.22. The molecule has 19 heavy (non-hydrogen) atoms. The van der Waals surface area contributed by atoms with Crippen LogP contribution in [0.2, 0.25) is 0 Å². The lowest BCUT2D eigenvalue weighted by molar-refractivity contribution is -0.141. The van der Waals surface area contributed by atoms with Crippen molar-refractivity contribution >= 4 is 0 Å². The predicted octanol–water partition coefficient (Wildman–Crippen LogP) is 3.28. The summed E-state index contributed by atoms with van der Waals surface area (Å²) in [6, 6.07) is 1.16. The van der Waals surface area contributed by atoms with E-state index in [9.17, 15) is 13.2 Å². The second kappa shape index (κ2) is 5.94. The molecule has 1 aliphatic rings. The largest absolute Gasteiger partial charge is 0.435 e. The van der Waals surface area contributed by atoms with Crippen LogP contribution in [0.4, 0.5) is 13.2 Å². The lowest BCUT2D eigenvalue weighted by Crippen LogP contribution is -2.18. The van der Waals surface area contributed by atoms with Crippen LogP contribution < -0.4 is 0 Å². The molecule has 0 aromatic carbocycles. The molecule has 0 amide bonds. The van der Waals surface area contributed by atoms with Gasteiger partial charge in [-0.25, -0.2) is 0 Å². The normalized spacial score (nSPS) is 17.9. The summed E-state index contributed by atoms with van der Waals surface area (Å²) in [5.74, 6) is 0.539. The smallest absolute Gasteiger partial charge is 0.381 e. The highest BCUT2D eigenvalue weighted by Crippen LogP contribution is 2.29. The minimum atomic E-state index is -4.35. The zero-order valence-electron chi connectivity index (χ0n) is 11.0. The Balaban J connectivity index is 2.00. The molecule has 1 aromatic heterocycles. The van der Waals surface area contributed by atoms with Crippen LogP contribution in [0.5, 0.6) is 0 Å². The zero-order chi connectivity index (χ0) is 13.9. The molecule has 2 rings (SSSR count). The first kappa shape index (κ1) is 14.4. The molecular weight excluding hydrogens is 257 g/mol. The second-order valence-electron chi connectivity index (χ2n) is 4.94. The van der Waals surface area contributed by atoms with Gasteiger partial charge < -0.3 is 4.74 Å². The van der Waals surface area contributed by atoms with Crippen molar-refractivity contribution in [2.24, 2.45) is 5.92 Å². The Morgan fingerprint density at radius 1 is 1.37 bits per heavy atom. The van der Waals surface area contributed by atoms with Crippen LogP contribution in [-0.2, 0) is 23.9 Å². The molecule has 0 atom stereocenters. The van der Waals surface area contributed by atoms with Crippen LogP contribution in [0.3, 0.4) is 0 Å². The van der Waals surface area contributed by atoms with Crippen molar-refractivity contribution in [1.82, 2.24) is 9.78 Å². The molecule has 0 aliphatic carbocycles. The predicted molar refractivity (Wildman–Crippen MR) is 64.8 cm³/mol. The van der Waals surface area contributed by atoms with E-state index in [0.717, 1.165) is 38.5 Å². The van der Waals surface area contributed by atoms with E-state index >= 15 is 0 Å². The van der Waals surface area contributed by atoms with Crippen LogP contribution in [0.25, 0.3) is 0 Å². The molecule has 0 spiro atoms. The number of alkyl halides is 3. The highest BCUT2D eigenvalue weighted by Gasteiger charge is 2.34. The molecular formula is C13H19F3N2O. The van der Waals surface area contributed by atoms with E-state index in [1.165, 1.54) is 4.68 Å². The Labute approximate surface area is 110 Å². The summed E-state index contributed by atoms with van der Waals surface area (Å²) in [7, 11) is 0. The first-order chi connectivity index (χ1) is 9.00. The minimum Gasteiger partial charge on any atom is -0.381 e. The summed E-state index contributed by atoms with van der Waals surface area (Å²) in [5.41, 5.74) is -0.129. The number of aromatic nitrogens is 2. The maximum Gasteiger partial charge on any atom is 0.435 e. The van der Waals surface area contributed by atoms with Gasteiger partial charge in [-0.3, -0.25) is 4.68 Å². The van der Waals surface area contributed by atoms with Crippen molar-refractivity contribution in [1.29, 1.82) is 0 Å². The van der Waals surface area contributed by atoms with Crippen LogP contribution in [0, 0.1) is 5.92 Å². The molecule has 2 heterocycles. The van der Waals surface area contributed by atoms with Gasteiger partial charge in [0.1, 0.15) is 0 Å². The third-order valence-corrected chi connectivity index (χ3v) is 3.61. The van der Waals surface area contributed by atoms with Gasteiger partial charge in [0.25, 0.3) is 0 Å². The molecule has 0 bridgehead atoms. The SMILES string of the molecule is CCc1cc(C(F)(F)F)nn1CCC1CCOCC1. The van der Waals surface area contributed by atoms with E-state index in [-0.39, 0.29) is 0 Å². The number of hydrogen-bond donors (Lipinski definition) is 0. The lowest BCUT2D eigenvalue weighted by atomic mass is 9.97. The Morgan fingerprint density at radius 3 is 2.63 bits per heavy atom. The molecule has 1 aromatic rings. The first-order valence-electron chi connectivity index (χ1n) is 6.72. The van der Waals surface area contributed by atoms with Crippen molar-refractivity contribution in [3.63, 3.8) is 0 Å². The highest BCUT2D eigenvalue weighted by molar-refractivity contribution is 5.13. The van der Waals surface area contributed by atoms with E-state index in [4.69, 9.17) is 4.74 Å². The average molecular weight is 276 g/mol. The molecule has 0 unspecified atom stereocenters. The molecule has 1 aliphatic heterocycles. The van der Waals surface area contributed by atoms with Gasteiger partial charge in [0.2, 0.25) is 0 Å². The van der Waals surface area contributed by atoms with Crippen molar-refractivity contribution < 1.29 is 17.9 Å². The quantitative estimate of drug-likeness (QED) is 0.844. The molecule has 0 radical (unpaired) electrons. The standard InChI is InChI=1S/C13H19F3N2O/c1-2-11-9-12(13(14,15)16)17-18(11)6-3-10-4-7-19-8-5-10/h9-10H,2-8H2,1H3. The van der Waals surface area contributed by atoms with Gasteiger partial charge in [-0.15, -0.1) is 0 Å². The van der Waals surface area contributed by atoms with Gasteiger partial charge in [0.15, 0.2) is 5.69 Å². The van der Waals surface area contributed by atoms with E-state index < -0.39 is 11.9 Å². The van der Waals surface area contributed by atoms with Crippen molar-refractivity contribution in [3.8, 4) is 0 Å². The number of rotatable bonds is 4. The summed E-state index contributed by atoms with van der Waals surface area (Å²) in [4.78, 5) is 0. The minimum absolute atomic E-state index is 0.539. The summed E-state index contributed by atoms with van der Waals surface area (Å²) in [5, 5.41) is 3.70. The van der Waals surface area contributed by atoms with Crippen LogP contribution >= 0.6 is 0 Å². The molecule has 0 N–H and O–H groups in total. The first-order valence-corrected chi connectivity index (χ1v) is 6.72. The fraction of sp³-hybridized carbons (Fsp3) is 0.769. The van der Waals surface area contributed by atoms with Crippen LogP contribution in [0.1, 0.15) is 37.6 Å². The van der Waals surface area contributed by atoms with Gasteiger partial charge in [-0.05, 0) is 37.7 Å². The molecule has 0 saturated carbocycles. The number of ether oxygens (including phenoxy) is 1. The fourth-order valence-corrected chi connectivity index (χ4v) is 2.41. The van der Waals surface area contributed by atoms with Gasteiger partial charge in [-0.2, -0.15) is 18.3 Å². The fourth-order valence-electron chi connectivity index (χ4n) is 2.41. The Hall–Kier alpha value is -1.04. The maximum atomic E-state index is 12.6. The third-order valence-electron chi connectivity index (χ3n) is 3.61. The number of hydrogen-bond acceptors (Lipinski definition) is 2. The Bertz CT molecular complexity index is 409. The highest BCUT2D eigenvalue weighted by atomic mass is 19.4. The zero-order valence-corrected chi connectivity index (χ0v) is 11.0. The Kier molecular flexibility index (Phi) is 4.50. The van der Waals surface area contributed by atoms with E-state index in [1.54, 1.807) is 0 Å². The van der Waals surface area contributed by atoms with Crippen molar-refractivity contribution in [2.45, 2.75) is 45.3 Å². The maximum absolute atomic E-state index is 12.6. The summed E-state index contributed by atoms with van der Waals surface area (Å²) >= 11 is 0. The van der Waals surface area contributed by atoms with Crippen LogP contribution in [-0.4, -0.2) is 23.0 Å². The number of aryl methyl sites for hydroxylation is 2. The molecule has 1 fully saturated rings. The van der Waals surface area contributed by atoms with E-state index in [0.29, 0.717) is 24.6 Å². The third kappa shape index (κ3) is 3.72. The van der Waals surface area contributed by atoms with Gasteiger partial charge in [0.05, 0.1) is 0 Å². The van der Waals surface area contributed by atoms with Gasteiger partial charge in [-0.1, -0.05) is 6.92 Å². The van der Waals surface area contributed by atoms with Crippen molar-refractivity contribution in [2.75, 3.05) is 13.2 Å². The Morgan fingerprint density at radius 2 is 2.05 bits per heavy atom. The summed E-state index contributed by atoms with van der Waals surface area (Å²) < 4.78 is 44.6. The van der Waals surface area contributed by atoms with E-state index in [1.807, 2.05) is 6.92 Å². The monoisotopic (exact) mass is 276 g/mol. The molecule has 6 heteroatoms. The second-order valence-corrected chi connectivity index (χ2v) is 4.94. The molecule has 3 nitrogen and oxygen atoms in total. The van der Waals surface area contributed by atoms with Gasteiger partial charge in [0, 0.05) is 25.5 Å².